The number of anilines is 1. The molecule has 0 aliphatic carbocycles. The maximum absolute atomic E-state index is 11.7. The van der Waals surface area contributed by atoms with Crippen LogP contribution in [0, 0.1) is 0 Å². The monoisotopic (exact) mass is 263 g/mol. The Morgan fingerprint density at radius 3 is 2.79 bits per heavy atom. The molecule has 0 unspecified atom stereocenters. The number of hydrogen-bond donors (Lipinski definition) is 3. The number of benzene rings is 1. The van der Waals surface area contributed by atoms with Gasteiger partial charge in [-0.3, -0.25) is 4.79 Å². The predicted molar refractivity (Wildman–Crippen MR) is 62.1 cm³/mol. The molecule has 9 heteroatoms. The number of hydrogen-bond acceptors (Lipinski definition) is 6. The fourth-order valence-corrected chi connectivity index (χ4v) is 1.37. The molecule has 2 rings (SSSR count). The second-order valence-electron chi connectivity index (χ2n) is 3.41. The standard InChI is InChI=1S/C10H9N5O4/c1-19-5-2-3-7(6(4-5)10(17)18)11-9(16)8-12-14-15-13-8/h2-4H,1H3,(H,11,16)(H,17,18)(H,12,13,14,15). The number of carboxylic acids is 1. The molecule has 2 aromatic rings. The summed E-state index contributed by atoms with van der Waals surface area (Å²) in [5.41, 5.74) is 0.0132. The van der Waals surface area contributed by atoms with Crippen molar-refractivity contribution in [1.82, 2.24) is 20.6 Å². The van der Waals surface area contributed by atoms with Gasteiger partial charge in [-0.05, 0) is 23.4 Å². The fourth-order valence-electron chi connectivity index (χ4n) is 1.37. The predicted octanol–water partition coefficient (Wildman–Crippen LogP) is 0.159. The number of nitrogens with one attached hydrogen (secondary N) is 2. The van der Waals surface area contributed by atoms with Gasteiger partial charge in [0.15, 0.2) is 0 Å². The number of carbonyl (C=O) groups excluding carboxylic acids is 1. The molecule has 9 nitrogen and oxygen atoms in total. The fraction of sp³-hybridized carbons (Fsp3) is 0.100. The summed E-state index contributed by atoms with van der Waals surface area (Å²) in [6.07, 6.45) is 0. The van der Waals surface area contributed by atoms with E-state index in [1.54, 1.807) is 0 Å². The van der Waals surface area contributed by atoms with E-state index in [0.29, 0.717) is 5.75 Å². The first-order chi connectivity index (χ1) is 9.11. The minimum atomic E-state index is -1.19. The molecule has 1 aromatic carbocycles. The summed E-state index contributed by atoms with van der Waals surface area (Å²) in [7, 11) is 1.42. The molecule has 0 radical (unpaired) electrons. The van der Waals surface area contributed by atoms with Gasteiger partial charge >= 0.3 is 5.97 Å². The van der Waals surface area contributed by atoms with Gasteiger partial charge in [-0.2, -0.15) is 5.21 Å². The Hall–Kier alpha value is -2.97. The molecule has 0 aliphatic rings. The molecule has 0 spiro atoms. The highest BCUT2D eigenvalue weighted by Crippen LogP contribution is 2.22. The Balaban J connectivity index is 2.29. The molecule has 0 fully saturated rings. The number of nitrogens with zero attached hydrogens (tertiary/aromatic N) is 3. The average Bonchev–Trinajstić information content (AvgIpc) is 2.92. The largest absolute Gasteiger partial charge is 0.497 e. The third-order valence-corrected chi connectivity index (χ3v) is 2.25. The van der Waals surface area contributed by atoms with E-state index in [1.807, 2.05) is 0 Å². The summed E-state index contributed by atoms with van der Waals surface area (Å²) >= 11 is 0. The number of carboxylic acid groups (broad SMARTS) is 1. The average molecular weight is 263 g/mol. The molecule has 3 N–H and O–H groups in total. The van der Waals surface area contributed by atoms with Crippen LogP contribution in [0.1, 0.15) is 21.0 Å². The molecule has 1 heterocycles. The van der Waals surface area contributed by atoms with Gasteiger partial charge in [0.05, 0.1) is 18.4 Å². The summed E-state index contributed by atoms with van der Waals surface area (Å²) in [6.45, 7) is 0. The zero-order valence-electron chi connectivity index (χ0n) is 9.75. The van der Waals surface area contributed by atoms with Gasteiger partial charge in [-0.25, -0.2) is 4.79 Å². The van der Waals surface area contributed by atoms with Gasteiger partial charge in [-0.1, -0.05) is 0 Å². The van der Waals surface area contributed by atoms with Crippen molar-refractivity contribution in [1.29, 1.82) is 0 Å². The van der Waals surface area contributed by atoms with Crippen molar-refractivity contribution >= 4 is 17.6 Å². The molecule has 0 bridgehead atoms. The number of tetrazole rings is 1. The van der Waals surface area contributed by atoms with Gasteiger partial charge in [0.2, 0.25) is 0 Å². The third kappa shape index (κ3) is 2.65. The van der Waals surface area contributed by atoms with Crippen LogP contribution in [0.2, 0.25) is 0 Å². The summed E-state index contributed by atoms with van der Waals surface area (Å²) < 4.78 is 4.92. The molecule has 1 amide bonds. The van der Waals surface area contributed by atoms with Gasteiger partial charge < -0.3 is 15.2 Å². The van der Waals surface area contributed by atoms with E-state index < -0.39 is 11.9 Å². The highest BCUT2D eigenvalue weighted by atomic mass is 16.5. The highest BCUT2D eigenvalue weighted by molar-refractivity contribution is 6.05. The molecule has 0 aliphatic heterocycles. The molecular weight excluding hydrogens is 254 g/mol. The molecule has 98 valence electrons. The van der Waals surface area contributed by atoms with Crippen LogP contribution < -0.4 is 10.1 Å². The lowest BCUT2D eigenvalue weighted by Gasteiger charge is -2.08. The molecule has 0 atom stereocenters. The van der Waals surface area contributed by atoms with Crippen molar-refractivity contribution < 1.29 is 19.4 Å². The van der Waals surface area contributed by atoms with E-state index in [2.05, 4.69) is 25.9 Å². The van der Waals surface area contributed by atoms with Gasteiger partial charge in [0, 0.05) is 0 Å². The Kier molecular flexibility index (Phi) is 3.37. The SMILES string of the molecule is COc1ccc(NC(=O)c2nn[nH]n2)c(C(=O)O)c1. The maximum atomic E-state index is 11.7. The minimum Gasteiger partial charge on any atom is -0.497 e. The Labute approximate surface area is 106 Å². The Morgan fingerprint density at radius 1 is 1.42 bits per heavy atom. The molecule has 0 saturated carbocycles. The molecule has 1 aromatic heterocycles. The van der Waals surface area contributed by atoms with Crippen LogP contribution in [0.5, 0.6) is 5.75 Å². The van der Waals surface area contributed by atoms with Gasteiger partial charge in [0.1, 0.15) is 5.75 Å². The first-order valence-electron chi connectivity index (χ1n) is 5.08. The first kappa shape index (κ1) is 12.5. The van der Waals surface area contributed by atoms with Gasteiger partial charge in [-0.15, -0.1) is 10.2 Å². The summed E-state index contributed by atoms with van der Waals surface area (Å²) in [4.78, 5) is 22.8. The van der Waals surface area contributed by atoms with Crippen molar-refractivity contribution in [2.75, 3.05) is 12.4 Å². The Bertz CT molecular complexity index is 610. The number of aromatic nitrogens is 4. The van der Waals surface area contributed by atoms with E-state index >= 15 is 0 Å². The highest BCUT2D eigenvalue weighted by Gasteiger charge is 2.16. The smallest absolute Gasteiger partial charge is 0.337 e. The van der Waals surface area contributed by atoms with E-state index in [-0.39, 0.29) is 17.1 Å². The van der Waals surface area contributed by atoms with Crippen LogP contribution in [0.15, 0.2) is 18.2 Å². The Morgan fingerprint density at radius 2 is 2.21 bits per heavy atom. The molecular formula is C10H9N5O4. The minimum absolute atomic E-state index is 0.101. The number of H-pyrrole nitrogens is 1. The normalized spacial score (nSPS) is 9.95. The maximum Gasteiger partial charge on any atom is 0.337 e. The summed E-state index contributed by atoms with van der Waals surface area (Å²) in [6, 6.07) is 4.24. The molecule has 0 saturated heterocycles. The van der Waals surface area contributed by atoms with Crippen LogP contribution in [-0.2, 0) is 0 Å². The van der Waals surface area contributed by atoms with Crippen LogP contribution in [0.4, 0.5) is 5.69 Å². The quantitative estimate of drug-likeness (QED) is 0.716. The van der Waals surface area contributed by atoms with E-state index in [1.165, 1.54) is 25.3 Å². The van der Waals surface area contributed by atoms with Crippen molar-refractivity contribution in [2.24, 2.45) is 0 Å². The van der Waals surface area contributed by atoms with Crippen LogP contribution in [0.25, 0.3) is 0 Å². The van der Waals surface area contributed by atoms with Crippen molar-refractivity contribution in [3.05, 3.63) is 29.6 Å². The summed E-state index contributed by atoms with van der Waals surface area (Å²) in [5, 5.41) is 23.8. The van der Waals surface area contributed by atoms with Crippen LogP contribution in [0.3, 0.4) is 0 Å². The van der Waals surface area contributed by atoms with Gasteiger partial charge in [0.25, 0.3) is 11.7 Å². The second kappa shape index (κ2) is 5.12. The lowest BCUT2D eigenvalue weighted by molar-refractivity contribution is 0.0697. The third-order valence-electron chi connectivity index (χ3n) is 2.25. The number of aromatic amines is 1. The number of carbonyl (C=O) groups is 2. The number of ether oxygens (including phenoxy) is 1. The molecule has 19 heavy (non-hydrogen) atoms. The van der Waals surface area contributed by atoms with Crippen LogP contribution >= 0.6 is 0 Å². The number of methoxy groups -OCH3 is 1. The lowest BCUT2D eigenvalue weighted by Crippen LogP contribution is -2.16. The number of amides is 1. The zero-order chi connectivity index (χ0) is 13.8. The van der Waals surface area contributed by atoms with E-state index in [9.17, 15) is 9.59 Å². The topological polar surface area (TPSA) is 130 Å². The second-order valence-corrected chi connectivity index (χ2v) is 3.41. The van der Waals surface area contributed by atoms with Crippen LogP contribution in [-0.4, -0.2) is 44.7 Å². The van der Waals surface area contributed by atoms with Crippen molar-refractivity contribution in [3.63, 3.8) is 0 Å². The van der Waals surface area contributed by atoms with E-state index in [4.69, 9.17) is 9.84 Å². The van der Waals surface area contributed by atoms with Crippen molar-refractivity contribution in [3.8, 4) is 5.75 Å². The lowest BCUT2D eigenvalue weighted by atomic mass is 10.1. The zero-order valence-corrected chi connectivity index (χ0v) is 9.75. The summed E-state index contributed by atoms with van der Waals surface area (Å²) in [5.74, 6) is -1.68. The first-order valence-corrected chi connectivity index (χ1v) is 5.08. The van der Waals surface area contributed by atoms with Crippen molar-refractivity contribution in [2.45, 2.75) is 0 Å². The number of aromatic carboxylic acids is 1. The number of rotatable bonds is 4. The van der Waals surface area contributed by atoms with E-state index in [0.717, 1.165) is 0 Å².